The van der Waals surface area contributed by atoms with Gasteiger partial charge in [-0.2, -0.15) is 0 Å². The van der Waals surface area contributed by atoms with Gasteiger partial charge in [-0.1, -0.05) is 0 Å². The molecule has 0 radical (unpaired) electrons. The fourth-order valence-electron chi connectivity index (χ4n) is 2.38. The second-order valence-corrected chi connectivity index (χ2v) is 5.09. The van der Waals surface area contributed by atoms with Crippen molar-refractivity contribution in [3.8, 4) is 0 Å². The highest BCUT2D eigenvalue weighted by molar-refractivity contribution is 6.12. The number of likely N-dealkylation sites (N-methyl/N-ethyl adjacent to an activating group) is 1. The van der Waals surface area contributed by atoms with Gasteiger partial charge in [0.05, 0.1) is 5.71 Å². The summed E-state index contributed by atoms with van der Waals surface area (Å²) < 4.78 is 0. The molecular weight excluding hydrogens is 276 g/mol. The molecule has 0 bridgehead atoms. The zero-order valence-electron chi connectivity index (χ0n) is 13.6. The first-order chi connectivity index (χ1) is 10.5. The van der Waals surface area contributed by atoms with Gasteiger partial charge in [0.1, 0.15) is 11.5 Å². The molecule has 5 nitrogen and oxygen atoms in total. The van der Waals surface area contributed by atoms with Crippen LogP contribution in [-0.2, 0) is 4.79 Å². The van der Waals surface area contributed by atoms with Crippen molar-refractivity contribution in [2.45, 2.75) is 13.8 Å². The highest BCUT2D eigenvalue weighted by atomic mass is 16.1. The Labute approximate surface area is 130 Å². The molecule has 1 aromatic rings. The monoisotopic (exact) mass is 296 g/mol. The lowest BCUT2D eigenvalue weighted by atomic mass is 10.0. The smallest absolute Gasteiger partial charge is 0.150 e. The SMILES string of the molecule is CN=C(/C(C)=C(\C)NC)c1cnc2c(c1)C=CC(=C=O)N2C. The minimum absolute atomic E-state index is 0.472. The maximum absolute atomic E-state index is 10.9. The first-order valence-electron chi connectivity index (χ1n) is 7.03. The van der Waals surface area contributed by atoms with Crippen LogP contribution in [-0.4, -0.2) is 37.8 Å². The summed E-state index contributed by atoms with van der Waals surface area (Å²) in [6.45, 7) is 4.05. The van der Waals surface area contributed by atoms with Crippen LogP contribution in [0.25, 0.3) is 6.08 Å². The van der Waals surface area contributed by atoms with Gasteiger partial charge in [-0.05, 0) is 37.6 Å². The molecule has 0 spiro atoms. The van der Waals surface area contributed by atoms with E-state index in [0.717, 1.165) is 33.9 Å². The molecule has 1 aliphatic heterocycles. The quantitative estimate of drug-likeness (QED) is 0.686. The molecule has 22 heavy (non-hydrogen) atoms. The van der Waals surface area contributed by atoms with E-state index in [0.29, 0.717) is 5.70 Å². The summed E-state index contributed by atoms with van der Waals surface area (Å²) in [5.74, 6) is 2.65. The van der Waals surface area contributed by atoms with Crippen molar-refractivity contribution in [3.05, 3.63) is 46.4 Å². The van der Waals surface area contributed by atoms with Crippen molar-refractivity contribution in [1.82, 2.24) is 10.3 Å². The van der Waals surface area contributed by atoms with Crippen molar-refractivity contribution in [2.75, 3.05) is 26.0 Å². The predicted octanol–water partition coefficient (Wildman–Crippen LogP) is 2.19. The Morgan fingerprint density at radius 2 is 2.09 bits per heavy atom. The Morgan fingerprint density at radius 1 is 1.36 bits per heavy atom. The molecule has 1 aromatic heterocycles. The van der Waals surface area contributed by atoms with E-state index in [9.17, 15) is 4.79 Å². The topological polar surface area (TPSA) is 57.6 Å². The maximum atomic E-state index is 10.9. The molecule has 114 valence electrons. The van der Waals surface area contributed by atoms with Crippen LogP contribution in [0.2, 0.25) is 0 Å². The Bertz CT molecular complexity index is 737. The first kappa shape index (κ1) is 15.7. The summed E-state index contributed by atoms with van der Waals surface area (Å²) in [6, 6.07) is 2.03. The Kier molecular flexibility index (Phi) is 4.59. The fraction of sp³-hybridized carbons (Fsp3) is 0.294. The molecule has 0 saturated carbocycles. The molecule has 2 heterocycles. The van der Waals surface area contributed by atoms with Gasteiger partial charge in [0, 0.05) is 44.2 Å². The number of carbonyl (C=O) groups excluding carboxylic acids is 1. The number of hydrogen-bond acceptors (Lipinski definition) is 5. The zero-order valence-corrected chi connectivity index (χ0v) is 13.6. The van der Waals surface area contributed by atoms with Gasteiger partial charge in [0.15, 0.2) is 5.94 Å². The minimum Gasteiger partial charge on any atom is -0.391 e. The molecular formula is C17H20N4O. The minimum atomic E-state index is 0.472. The lowest BCUT2D eigenvalue weighted by Gasteiger charge is -2.23. The summed E-state index contributed by atoms with van der Waals surface area (Å²) in [7, 11) is 5.47. The molecule has 2 rings (SSSR count). The van der Waals surface area contributed by atoms with Crippen LogP contribution in [0, 0.1) is 0 Å². The van der Waals surface area contributed by atoms with Gasteiger partial charge < -0.3 is 10.2 Å². The van der Waals surface area contributed by atoms with Gasteiger partial charge in [-0.3, -0.25) is 4.99 Å². The molecule has 0 unspecified atom stereocenters. The van der Waals surface area contributed by atoms with Crippen molar-refractivity contribution in [3.63, 3.8) is 0 Å². The van der Waals surface area contributed by atoms with E-state index in [4.69, 9.17) is 0 Å². The van der Waals surface area contributed by atoms with E-state index in [-0.39, 0.29) is 0 Å². The van der Waals surface area contributed by atoms with Crippen LogP contribution >= 0.6 is 0 Å². The van der Waals surface area contributed by atoms with Gasteiger partial charge >= 0.3 is 0 Å². The van der Waals surface area contributed by atoms with Crippen LogP contribution in [0.3, 0.4) is 0 Å². The molecule has 0 aliphatic carbocycles. The van der Waals surface area contributed by atoms with Gasteiger partial charge in [-0.25, -0.2) is 9.78 Å². The van der Waals surface area contributed by atoms with Crippen LogP contribution in [0.1, 0.15) is 25.0 Å². The lowest BCUT2D eigenvalue weighted by molar-refractivity contribution is 0.567. The Morgan fingerprint density at radius 3 is 2.68 bits per heavy atom. The van der Waals surface area contributed by atoms with Crippen LogP contribution < -0.4 is 10.2 Å². The lowest BCUT2D eigenvalue weighted by Crippen LogP contribution is -2.21. The molecule has 0 fully saturated rings. The molecule has 1 N–H and O–H groups in total. The van der Waals surface area contributed by atoms with E-state index in [1.807, 2.05) is 39.0 Å². The van der Waals surface area contributed by atoms with Crippen LogP contribution in [0.4, 0.5) is 5.82 Å². The number of hydrogen-bond donors (Lipinski definition) is 1. The largest absolute Gasteiger partial charge is 0.391 e. The number of nitrogens with one attached hydrogen (secondary N) is 1. The second kappa shape index (κ2) is 6.41. The average molecular weight is 296 g/mol. The number of anilines is 1. The summed E-state index contributed by atoms with van der Waals surface area (Å²) in [5.41, 5.74) is 5.42. The molecule has 0 atom stereocenters. The molecule has 5 heteroatoms. The summed E-state index contributed by atoms with van der Waals surface area (Å²) >= 11 is 0. The zero-order chi connectivity index (χ0) is 16.3. The maximum Gasteiger partial charge on any atom is 0.150 e. The highest BCUT2D eigenvalue weighted by Crippen LogP contribution is 2.27. The van der Waals surface area contributed by atoms with E-state index < -0.39 is 0 Å². The van der Waals surface area contributed by atoms with Crippen LogP contribution in [0.15, 0.2) is 40.3 Å². The van der Waals surface area contributed by atoms with E-state index in [1.54, 1.807) is 31.3 Å². The predicted molar refractivity (Wildman–Crippen MR) is 90.8 cm³/mol. The van der Waals surface area contributed by atoms with E-state index >= 15 is 0 Å². The number of allylic oxidation sites excluding steroid dienone is 3. The number of nitrogens with zero attached hydrogens (tertiary/aromatic N) is 3. The normalized spacial score (nSPS) is 15.2. The van der Waals surface area contributed by atoms with Crippen molar-refractivity contribution >= 4 is 23.5 Å². The van der Waals surface area contributed by atoms with Gasteiger partial charge in [0.25, 0.3) is 0 Å². The summed E-state index contributed by atoms with van der Waals surface area (Å²) in [5, 5.41) is 3.14. The number of fused-ring (bicyclic) bond motifs is 1. The third kappa shape index (κ3) is 2.71. The summed E-state index contributed by atoms with van der Waals surface area (Å²) in [4.78, 5) is 21.5. The number of rotatable bonds is 3. The standard InChI is InChI=1S/C17H20N4O/c1-11(12(2)18-3)16(19-4)14-8-13-6-7-15(10-22)21(5)17(13)20-9-14/h6-9,18H,1-5H3/b12-11+,19-16?. The Balaban J connectivity index is 2.51. The Hall–Kier alpha value is -2.65. The van der Waals surface area contributed by atoms with Crippen LogP contribution in [0.5, 0.6) is 0 Å². The van der Waals surface area contributed by atoms with Gasteiger partial charge in [-0.15, -0.1) is 0 Å². The molecule has 0 saturated heterocycles. The van der Waals surface area contributed by atoms with Crippen molar-refractivity contribution in [2.24, 2.45) is 4.99 Å². The first-order valence-corrected chi connectivity index (χ1v) is 7.03. The highest BCUT2D eigenvalue weighted by Gasteiger charge is 2.18. The number of aromatic nitrogens is 1. The van der Waals surface area contributed by atoms with Crippen molar-refractivity contribution < 1.29 is 4.79 Å². The third-order valence-corrected chi connectivity index (χ3v) is 3.89. The molecule has 0 amide bonds. The number of aliphatic imine (C=N–C) groups is 1. The fourth-order valence-corrected chi connectivity index (χ4v) is 2.38. The molecule has 1 aliphatic rings. The van der Waals surface area contributed by atoms with E-state index in [1.165, 1.54) is 0 Å². The third-order valence-electron chi connectivity index (χ3n) is 3.89. The molecule has 0 aromatic carbocycles. The average Bonchev–Trinajstić information content (AvgIpc) is 2.55. The number of pyridine rings is 1. The summed E-state index contributed by atoms with van der Waals surface area (Å²) in [6.07, 6.45) is 5.40. The second-order valence-electron chi connectivity index (χ2n) is 5.09. The van der Waals surface area contributed by atoms with Crippen molar-refractivity contribution in [1.29, 1.82) is 0 Å². The van der Waals surface area contributed by atoms with E-state index in [2.05, 4.69) is 15.3 Å². The van der Waals surface area contributed by atoms with Gasteiger partial charge in [0.2, 0.25) is 0 Å².